The smallest absolute Gasteiger partial charge is 0.164 e. The van der Waals surface area contributed by atoms with Gasteiger partial charge in [0.1, 0.15) is 0 Å². The van der Waals surface area contributed by atoms with Crippen LogP contribution >= 0.6 is 0 Å². The molecule has 0 N–H and O–H groups in total. The molecule has 7 aromatic rings. The van der Waals surface area contributed by atoms with Gasteiger partial charge in [-0.1, -0.05) is 66.7 Å². The average molecular weight is 541 g/mol. The van der Waals surface area contributed by atoms with Crippen LogP contribution in [0.2, 0.25) is 0 Å². The summed E-state index contributed by atoms with van der Waals surface area (Å²) in [7, 11) is 0. The van der Waals surface area contributed by atoms with Crippen molar-refractivity contribution < 1.29 is 0 Å². The molecule has 7 rings (SSSR count). The summed E-state index contributed by atoms with van der Waals surface area (Å²) < 4.78 is 0. The second-order valence-electron chi connectivity index (χ2n) is 9.77. The predicted octanol–water partition coefficient (Wildman–Crippen LogP) is 8.06. The molecule has 0 radical (unpaired) electrons. The van der Waals surface area contributed by atoms with Crippen molar-refractivity contribution in [1.82, 2.24) is 29.9 Å². The molecule has 0 saturated heterocycles. The van der Waals surface area contributed by atoms with E-state index in [1.807, 2.05) is 85.2 Å². The van der Waals surface area contributed by atoms with Crippen LogP contribution in [0.25, 0.3) is 67.5 Å². The van der Waals surface area contributed by atoms with E-state index in [4.69, 9.17) is 15.0 Å². The quantitative estimate of drug-likeness (QED) is 0.212. The van der Waals surface area contributed by atoms with Gasteiger partial charge in [-0.3, -0.25) is 15.0 Å². The molecule has 0 atom stereocenters. The maximum absolute atomic E-state index is 4.99. The first-order valence-electron chi connectivity index (χ1n) is 13.6. The zero-order valence-corrected chi connectivity index (χ0v) is 22.5. The lowest BCUT2D eigenvalue weighted by Crippen LogP contribution is -2.00. The standard InChI is InChI=1S/C36H24N6/c1-6-26(25-14-18-37-19-15-25)20-29(9-1)34-40-35(30-10-2-7-27(21-30)32-12-4-16-38-23-32)42-36(41-34)31-11-3-8-28(22-31)33-13-5-17-39-24-33/h1-24H. The van der Waals surface area contributed by atoms with Gasteiger partial charge in [-0.05, 0) is 64.7 Å². The van der Waals surface area contributed by atoms with Crippen molar-refractivity contribution in [2.45, 2.75) is 0 Å². The Labute approximate surface area is 243 Å². The summed E-state index contributed by atoms with van der Waals surface area (Å²) in [5.41, 5.74) is 8.99. The Morgan fingerprint density at radius 3 is 1.07 bits per heavy atom. The first-order valence-corrected chi connectivity index (χ1v) is 13.6. The lowest BCUT2D eigenvalue weighted by atomic mass is 10.0. The average Bonchev–Trinajstić information content (AvgIpc) is 3.09. The van der Waals surface area contributed by atoms with Gasteiger partial charge in [0, 0.05) is 65.0 Å². The highest BCUT2D eigenvalue weighted by Crippen LogP contribution is 2.31. The van der Waals surface area contributed by atoms with Crippen molar-refractivity contribution in [1.29, 1.82) is 0 Å². The number of pyridine rings is 3. The van der Waals surface area contributed by atoms with E-state index in [1.165, 1.54) is 0 Å². The number of aromatic nitrogens is 6. The molecule has 0 unspecified atom stereocenters. The molecule has 0 amide bonds. The Morgan fingerprint density at radius 1 is 0.286 bits per heavy atom. The van der Waals surface area contributed by atoms with Crippen LogP contribution in [0.1, 0.15) is 0 Å². The Kier molecular flexibility index (Phi) is 6.76. The summed E-state index contributed by atoms with van der Waals surface area (Å²) in [4.78, 5) is 27.7. The van der Waals surface area contributed by atoms with Gasteiger partial charge in [-0.2, -0.15) is 0 Å². The third-order valence-electron chi connectivity index (χ3n) is 7.00. The Balaban J connectivity index is 1.38. The van der Waals surface area contributed by atoms with Gasteiger partial charge in [0.05, 0.1) is 0 Å². The highest BCUT2D eigenvalue weighted by atomic mass is 15.0. The van der Waals surface area contributed by atoms with Gasteiger partial charge in [-0.25, -0.2) is 15.0 Å². The molecule has 4 aromatic heterocycles. The van der Waals surface area contributed by atoms with E-state index in [9.17, 15) is 0 Å². The summed E-state index contributed by atoms with van der Waals surface area (Å²) in [6.07, 6.45) is 10.9. The fourth-order valence-electron chi connectivity index (χ4n) is 4.89. The first-order chi connectivity index (χ1) is 20.8. The SMILES string of the molecule is c1cncc(-c2cccc(-c3nc(-c4cccc(-c5ccncc5)c4)nc(-c4cccc(-c5cccnc5)c4)n3)c2)c1. The van der Waals surface area contributed by atoms with Gasteiger partial charge in [0.25, 0.3) is 0 Å². The molecule has 4 heterocycles. The molecule has 198 valence electrons. The van der Waals surface area contributed by atoms with Gasteiger partial charge < -0.3 is 0 Å². The molecule has 6 nitrogen and oxygen atoms in total. The van der Waals surface area contributed by atoms with Crippen LogP contribution < -0.4 is 0 Å². The molecular formula is C36H24N6. The van der Waals surface area contributed by atoms with Crippen LogP contribution in [0.4, 0.5) is 0 Å². The second kappa shape index (κ2) is 11.3. The second-order valence-corrected chi connectivity index (χ2v) is 9.77. The highest BCUT2D eigenvalue weighted by Gasteiger charge is 2.14. The summed E-state index contributed by atoms with van der Waals surface area (Å²) >= 11 is 0. The molecule has 42 heavy (non-hydrogen) atoms. The minimum absolute atomic E-state index is 0.599. The first kappa shape index (κ1) is 25.1. The molecule has 0 aliphatic rings. The summed E-state index contributed by atoms with van der Waals surface area (Å²) in [5, 5.41) is 0. The van der Waals surface area contributed by atoms with Crippen molar-refractivity contribution >= 4 is 0 Å². The van der Waals surface area contributed by atoms with Crippen LogP contribution in [0.3, 0.4) is 0 Å². The van der Waals surface area contributed by atoms with Crippen molar-refractivity contribution in [3.63, 3.8) is 0 Å². The van der Waals surface area contributed by atoms with Crippen LogP contribution in [0, 0.1) is 0 Å². The topological polar surface area (TPSA) is 77.3 Å². The lowest BCUT2D eigenvalue weighted by molar-refractivity contribution is 1.07. The molecule has 0 bridgehead atoms. The monoisotopic (exact) mass is 540 g/mol. The minimum Gasteiger partial charge on any atom is -0.265 e. The van der Waals surface area contributed by atoms with Crippen molar-refractivity contribution in [3.05, 3.63) is 146 Å². The number of benzene rings is 3. The Morgan fingerprint density at radius 2 is 0.667 bits per heavy atom. The molecule has 0 aliphatic carbocycles. The Hall–Kier alpha value is -5.88. The molecule has 0 fully saturated rings. The van der Waals surface area contributed by atoms with E-state index in [0.717, 1.165) is 50.1 Å². The predicted molar refractivity (Wildman–Crippen MR) is 166 cm³/mol. The molecular weight excluding hydrogens is 516 g/mol. The Bertz CT molecular complexity index is 1730. The number of nitrogens with zero attached hydrogens (tertiary/aromatic N) is 6. The largest absolute Gasteiger partial charge is 0.265 e. The summed E-state index contributed by atoms with van der Waals surface area (Å²) in [6, 6.07) is 36.6. The fourth-order valence-corrected chi connectivity index (χ4v) is 4.89. The van der Waals surface area contributed by atoms with Gasteiger partial charge >= 0.3 is 0 Å². The summed E-state index contributed by atoms with van der Waals surface area (Å²) in [5.74, 6) is 1.80. The van der Waals surface area contributed by atoms with Gasteiger partial charge in [0.15, 0.2) is 17.5 Å². The van der Waals surface area contributed by atoms with Gasteiger partial charge in [0.2, 0.25) is 0 Å². The molecule has 3 aromatic carbocycles. The van der Waals surface area contributed by atoms with E-state index >= 15 is 0 Å². The highest BCUT2D eigenvalue weighted by molar-refractivity contribution is 5.75. The van der Waals surface area contributed by atoms with Crippen molar-refractivity contribution in [2.24, 2.45) is 0 Å². The number of rotatable bonds is 6. The number of hydrogen-bond acceptors (Lipinski definition) is 6. The van der Waals surface area contributed by atoms with E-state index in [0.29, 0.717) is 17.5 Å². The fraction of sp³-hybridized carbons (Fsp3) is 0. The van der Waals surface area contributed by atoms with Crippen LogP contribution in [-0.4, -0.2) is 29.9 Å². The molecule has 0 spiro atoms. The number of hydrogen-bond donors (Lipinski definition) is 0. The lowest BCUT2D eigenvalue weighted by Gasteiger charge is -2.11. The van der Waals surface area contributed by atoms with E-state index in [2.05, 4.69) is 51.4 Å². The van der Waals surface area contributed by atoms with Crippen LogP contribution in [-0.2, 0) is 0 Å². The van der Waals surface area contributed by atoms with Crippen LogP contribution in [0.5, 0.6) is 0 Å². The molecule has 0 saturated carbocycles. The maximum Gasteiger partial charge on any atom is 0.164 e. The van der Waals surface area contributed by atoms with Crippen molar-refractivity contribution in [2.75, 3.05) is 0 Å². The zero-order valence-electron chi connectivity index (χ0n) is 22.5. The van der Waals surface area contributed by atoms with E-state index < -0.39 is 0 Å². The third-order valence-corrected chi connectivity index (χ3v) is 7.00. The normalized spacial score (nSPS) is 10.9. The maximum atomic E-state index is 4.99. The molecule has 6 heteroatoms. The molecule has 0 aliphatic heterocycles. The van der Waals surface area contributed by atoms with Gasteiger partial charge in [-0.15, -0.1) is 0 Å². The minimum atomic E-state index is 0.599. The van der Waals surface area contributed by atoms with Crippen LogP contribution in [0.15, 0.2) is 146 Å². The third kappa shape index (κ3) is 5.29. The zero-order chi connectivity index (χ0) is 28.1. The van der Waals surface area contributed by atoms with E-state index in [-0.39, 0.29) is 0 Å². The van der Waals surface area contributed by atoms with E-state index in [1.54, 1.807) is 24.8 Å². The van der Waals surface area contributed by atoms with Crippen molar-refractivity contribution in [3.8, 4) is 67.5 Å². The summed E-state index contributed by atoms with van der Waals surface area (Å²) in [6.45, 7) is 0.